The van der Waals surface area contributed by atoms with Crippen LogP contribution in [0.2, 0.25) is 0 Å². The van der Waals surface area contributed by atoms with E-state index in [1.165, 1.54) is 6.07 Å². The summed E-state index contributed by atoms with van der Waals surface area (Å²) in [6.45, 7) is 0.948. The first-order chi connectivity index (χ1) is 13.9. The highest BCUT2D eigenvalue weighted by Gasteiger charge is 2.30. The SMILES string of the molecule is NCCCNC(=O)c1ccc2[nH]nc(-c3nc4ccc(C(F)(F)F)cc4[nH]3)c2c1. The van der Waals surface area contributed by atoms with Gasteiger partial charge in [0.1, 0.15) is 5.69 Å². The summed E-state index contributed by atoms with van der Waals surface area (Å²) in [6.07, 6.45) is -3.77. The predicted molar refractivity (Wildman–Crippen MR) is 102 cm³/mol. The Morgan fingerprint density at radius 3 is 2.72 bits per heavy atom. The molecule has 0 aliphatic rings. The minimum Gasteiger partial charge on any atom is -0.352 e. The topological polar surface area (TPSA) is 112 Å². The van der Waals surface area contributed by atoms with Crippen LogP contribution in [0.1, 0.15) is 22.3 Å². The lowest BCUT2D eigenvalue weighted by atomic mass is 10.1. The molecule has 150 valence electrons. The third-order valence-corrected chi connectivity index (χ3v) is 4.53. The van der Waals surface area contributed by atoms with E-state index >= 15 is 0 Å². The Morgan fingerprint density at radius 1 is 1.14 bits per heavy atom. The number of nitrogens with one attached hydrogen (secondary N) is 3. The van der Waals surface area contributed by atoms with E-state index in [9.17, 15) is 18.0 Å². The molecule has 1 amide bonds. The van der Waals surface area contributed by atoms with E-state index in [2.05, 4.69) is 25.5 Å². The van der Waals surface area contributed by atoms with Crippen molar-refractivity contribution in [1.29, 1.82) is 0 Å². The number of carbonyl (C=O) groups excluding carboxylic acids is 1. The fraction of sp³-hybridized carbons (Fsp3) is 0.211. The average Bonchev–Trinajstić information content (AvgIpc) is 3.29. The van der Waals surface area contributed by atoms with Gasteiger partial charge in [0.25, 0.3) is 5.91 Å². The van der Waals surface area contributed by atoms with E-state index in [0.717, 1.165) is 12.1 Å². The van der Waals surface area contributed by atoms with E-state index in [-0.39, 0.29) is 11.4 Å². The highest BCUT2D eigenvalue weighted by atomic mass is 19.4. The number of aromatic nitrogens is 4. The zero-order chi connectivity index (χ0) is 20.6. The molecule has 5 N–H and O–H groups in total. The molecule has 29 heavy (non-hydrogen) atoms. The van der Waals surface area contributed by atoms with Gasteiger partial charge < -0.3 is 16.0 Å². The van der Waals surface area contributed by atoms with Crippen LogP contribution < -0.4 is 11.1 Å². The normalized spacial score (nSPS) is 12.0. The zero-order valence-electron chi connectivity index (χ0n) is 15.1. The van der Waals surface area contributed by atoms with Crippen molar-refractivity contribution in [3.63, 3.8) is 0 Å². The average molecular weight is 402 g/mol. The van der Waals surface area contributed by atoms with E-state index in [0.29, 0.717) is 53.0 Å². The van der Waals surface area contributed by atoms with Gasteiger partial charge in [0.15, 0.2) is 5.82 Å². The van der Waals surface area contributed by atoms with Crippen LogP contribution in [0.3, 0.4) is 0 Å². The Morgan fingerprint density at radius 2 is 1.97 bits per heavy atom. The summed E-state index contributed by atoms with van der Waals surface area (Å²) in [5.74, 6) is 0.0678. The van der Waals surface area contributed by atoms with E-state index in [1.54, 1.807) is 18.2 Å². The van der Waals surface area contributed by atoms with Gasteiger partial charge in [-0.05, 0) is 49.4 Å². The van der Waals surface area contributed by atoms with Crippen LogP contribution in [-0.4, -0.2) is 39.2 Å². The molecule has 2 heterocycles. The molecule has 0 atom stereocenters. The molecule has 0 radical (unpaired) electrons. The lowest BCUT2D eigenvalue weighted by Crippen LogP contribution is -2.25. The molecule has 7 nitrogen and oxygen atoms in total. The molecule has 0 aliphatic heterocycles. The lowest BCUT2D eigenvalue weighted by Gasteiger charge is -2.05. The summed E-state index contributed by atoms with van der Waals surface area (Å²) in [5, 5.41) is 10.5. The van der Waals surface area contributed by atoms with Crippen LogP contribution in [0.25, 0.3) is 33.5 Å². The van der Waals surface area contributed by atoms with E-state index in [4.69, 9.17) is 5.73 Å². The standard InChI is InChI=1S/C19H17F3N6O/c20-19(21,22)11-3-5-14-15(9-11)26-17(25-14)16-12-8-10(2-4-13(12)27-28-16)18(29)24-7-1-6-23/h2-5,8-9H,1,6-7,23H2,(H,24,29)(H,25,26)(H,27,28). The van der Waals surface area contributed by atoms with Crippen LogP contribution in [0.4, 0.5) is 13.2 Å². The zero-order valence-corrected chi connectivity index (χ0v) is 15.1. The molecule has 0 spiro atoms. The molecule has 4 aromatic rings. The summed E-state index contributed by atoms with van der Waals surface area (Å²) < 4.78 is 38.8. The fourth-order valence-corrected chi connectivity index (χ4v) is 3.04. The number of alkyl halides is 3. The predicted octanol–water partition coefficient (Wildman–Crippen LogP) is 3.20. The summed E-state index contributed by atoms with van der Waals surface area (Å²) >= 11 is 0. The molecule has 0 saturated carbocycles. The van der Waals surface area contributed by atoms with Gasteiger partial charge in [0.2, 0.25) is 0 Å². The van der Waals surface area contributed by atoms with Crippen molar-refractivity contribution in [1.82, 2.24) is 25.5 Å². The number of H-pyrrole nitrogens is 2. The van der Waals surface area contributed by atoms with Crippen molar-refractivity contribution in [3.05, 3.63) is 47.5 Å². The van der Waals surface area contributed by atoms with Crippen LogP contribution >= 0.6 is 0 Å². The van der Waals surface area contributed by atoms with Crippen molar-refractivity contribution >= 4 is 27.8 Å². The maximum atomic E-state index is 12.9. The van der Waals surface area contributed by atoms with Crippen molar-refractivity contribution in [2.45, 2.75) is 12.6 Å². The number of hydrogen-bond acceptors (Lipinski definition) is 4. The molecule has 2 aromatic carbocycles. The number of nitrogens with zero attached hydrogens (tertiary/aromatic N) is 2. The van der Waals surface area contributed by atoms with Gasteiger partial charge in [0, 0.05) is 17.5 Å². The van der Waals surface area contributed by atoms with Gasteiger partial charge in [-0.25, -0.2) is 4.98 Å². The Bertz CT molecular complexity index is 1190. The molecule has 10 heteroatoms. The number of rotatable bonds is 5. The third kappa shape index (κ3) is 3.66. The van der Waals surface area contributed by atoms with Gasteiger partial charge in [0.05, 0.1) is 22.1 Å². The number of carbonyl (C=O) groups is 1. The first-order valence-electron chi connectivity index (χ1n) is 8.90. The maximum Gasteiger partial charge on any atom is 0.416 e. The molecule has 0 saturated heterocycles. The van der Waals surface area contributed by atoms with Gasteiger partial charge >= 0.3 is 6.18 Å². The van der Waals surface area contributed by atoms with Crippen molar-refractivity contribution in [3.8, 4) is 11.5 Å². The molecule has 0 unspecified atom stereocenters. The van der Waals surface area contributed by atoms with Gasteiger partial charge in [-0.15, -0.1) is 0 Å². The Hall–Kier alpha value is -3.40. The first-order valence-corrected chi connectivity index (χ1v) is 8.90. The number of hydrogen-bond donors (Lipinski definition) is 4. The second-order valence-corrected chi connectivity index (χ2v) is 6.55. The fourth-order valence-electron chi connectivity index (χ4n) is 3.04. The Labute approximate surface area is 162 Å². The number of aromatic amines is 2. The molecular formula is C19H17F3N6O. The van der Waals surface area contributed by atoms with E-state index < -0.39 is 11.7 Å². The van der Waals surface area contributed by atoms with Gasteiger partial charge in [-0.2, -0.15) is 18.3 Å². The summed E-state index contributed by atoms with van der Waals surface area (Å²) in [5.41, 5.74) is 6.84. The highest BCUT2D eigenvalue weighted by Crippen LogP contribution is 2.32. The second kappa shape index (κ2) is 7.21. The van der Waals surface area contributed by atoms with E-state index in [1.807, 2.05) is 0 Å². The second-order valence-electron chi connectivity index (χ2n) is 6.55. The first kappa shape index (κ1) is 18.9. The van der Waals surface area contributed by atoms with Crippen LogP contribution in [0.5, 0.6) is 0 Å². The van der Waals surface area contributed by atoms with Crippen molar-refractivity contribution in [2.24, 2.45) is 5.73 Å². The Balaban J connectivity index is 1.72. The third-order valence-electron chi connectivity index (χ3n) is 4.53. The quantitative estimate of drug-likeness (QED) is 0.384. The van der Waals surface area contributed by atoms with Gasteiger partial charge in [-0.3, -0.25) is 9.89 Å². The number of imidazole rings is 1. The Kier molecular flexibility index (Phi) is 4.71. The molecular weight excluding hydrogens is 385 g/mol. The number of amides is 1. The number of fused-ring (bicyclic) bond motifs is 2. The molecule has 2 aromatic heterocycles. The van der Waals surface area contributed by atoms with Crippen LogP contribution in [0.15, 0.2) is 36.4 Å². The minimum absolute atomic E-state index is 0.244. The highest BCUT2D eigenvalue weighted by molar-refractivity contribution is 6.01. The smallest absolute Gasteiger partial charge is 0.352 e. The largest absolute Gasteiger partial charge is 0.416 e. The number of benzene rings is 2. The minimum atomic E-state index is -4.44. The van der Waals surface area contributed by atoms with Crippen LogP contribution in [-0.2, 0) is 6.18 Å². The van der Waals surface area contributed by atoms with Crippen LogP contribution in [0, 0.1) is 0 Å². The summed E-state index contributed by atoms with van der Waals surface area (Å²) in [6, 6.07) is 8.35. The monoisotopic (exact) mass is 402 g/mol. The summed E-state index contributed by atoms with van der Waals surface area (Å²) in [4.78, 5) is 19.5. The van der Waals surface area contributed by atoms with Gasteiger partial charge in [-0.1, -0.05) is 0 Å². The number of nitrogens with two attached hydrogens (primary N) is 1. The molecule has 0 aliphatic carbocycles. The lowest BCUT2D eigenvalue weighted by molar-refractivity contribution is -0.137. The summed E-state index contributed by atoms with van der Waals surface area (Å²) in [7, 11) is 0. The molecule has 4 rings (SSSR count). The maximum absolute atomic E-state index is 12.9. The molecule has 0 fully saturated rings. The van der Waals surface area contributed by atoms with Crippen molar-refractivity contribution < 1.29 is 18.0 Å². The molecule has 0 bridgehead atoms. The van der Waals surface area contributed by atoms with Crippen molar-refractivity contribution in [2.75, 3.05) is 13.1 Å². The number of halogens is 3.